The molecule has 0 unspecified atom stereocenters. The van der Waals surface area contributed by atoms with Crippen LogP contribution in [0.5, 0.6) is 0 Å². The Balaban J connectivity index is 1.83. The fourth-order valence-electron chi connectivity index (χ4n) is 1.77. The molecule has 2 aromatic heterocycles. The van der Waals surface area contributed by atoms with Crippen molar-refractivity contribution in [1.82, 2.24) is 20.5 Å². The van der Waals surface area contributed by atoms with Gasteiger partial charge < -0.3 is 5.32 Å². The first-order valence-corrected chi connectivity index (χ1v) is 6.23. The lowest BCUT2D eigenvalue weighted by molar-refractivity contribution is 0.249. The van der Waals surface area contributed by atoms with Gasteiger partial charge in [0, 0.05) is 18.2 Å². The van der Waals surface area contributed by atoms with Crippen molar-refractivity contribution in [3.63, 3.8) is 0 Å². The summed E-state index contributed by atoms with van der Waals surface area (Å²) in [6.45, 7) is 3.79. The summed E-state index contributed by atoms with van der Waals surface area (Å²) in [5, 5.41) is 12.3. The number of aromatic nitrogens is 3. The van der Waals surface area contributed by atoms with Crippen molar-refractivity contribution in [3.8, 4) is 0 Å². The van der Waals surface area contributed by atoms with Crippen molar-refractivity contribution in [1.29, 1.82) is 0 Å². The molecule has 0 aliphatic rings. The first-order valence-electron chi connectivity index (χ1n) is 6.23. The zero-order valence-electron chi connectivity index (χ0n) is 11.3. The average molecular weight is 277 g/mol. The van der Waals surface area contributed by atoms with Crippen LogP contribution in [0.4, 0.5) is 15.0 Å². The van der Waals surface area contributed by atoms with Gasteiger partial charge in [0.15, 0.2) is 0 Å². The molecule has 2 rings (SSSR count). The van der Waals surface area contributed by atoms with Crippen LogP contribution in [0.3, 0.4) is 0 Å². The molecular weight excluding hydrogens is 261 g/mol. The molecule has 20 heavy (non-hydrogen) atoms. The molecule has 0 radical (unpaired) electrons. The molecule has 1 atom stereocenters. The van der Waals surface area contributed by atoms with Crippen molar-refractivity contribution < 1.29 is 9.18 Å². The smallest absolute Gasteiger partial charge is 0.320 e. The van der Waals surface area contributed by atoms with Crippen LogP contribution in [0.25, 0.3) is 0 Å². The molecule has 0 spiro atoms. The first kappa shape index (κ1) is 14.0. The molecule has 3 N–H and O–H groups in total. The number of nitrogens with zero attached hydrogens (tertiary/aromatic N) is 2. The largest absolute Gasteiger partial charge is 0.335 e. The van der Waals surface area contributed by atoms with Crippen LogP contribution in [-0.4, -0.2) is 27.3 Å². The number of amides is 2. The maximum atomic E-state index is 12.7. The van der Waals surface area contributed by atoms with Crippen LogP contribution in [-0.2, 0) is 6.42 Å². The van der Waals surface area contributed by atoms with E-state index in [1.54, 1.807) is 0 Å². The van der Waals surface area contributed by atoms with E-state index < -0.39 is 5.82 Å². The highest BCUT2D eigenvalue weighted by Crippen LogP contribution is 2.04. The van der Waals surface area contributed by atoms with Crippen LogP contribution in [0, 0.1) is 12.7 Å². The van der Waals surface area contributed by atoms with Gasteiger partial charge in [0.2, 0.25) is 0 Å². The summed E-state index contributed by atoms with van der Waals surface area (Å²) in [5.74, 6) is -0.148. The number of nitrogens with one attached hydrogen (secondary N) is 3. The van der Waals surface area contributed by atoms with Gasteiger partial charge in [-0.2, -0.15) is 5.10 Å². The summed E-state index contributed by atoms with van der Waals surface area (Å²) >= 11 is 0. The van der Waals surface area contributed by atoms with Gasteiger partial charge in [0.1, 0.15) is 11.6 Å². The predicted octanol–water partition coefficient (Wildman–Crippen LogP) is 2.00. The van der Waals surface area contributed by atoms with Crippen molar-refractivity contribution in [3.05, 3.63) is 41.6 Å². The van der Waals surface area contributed by atoms with E-state index in [9.17, 15) is 9.18 Å². The number of urea groups is 1. The summed E-state index contributed by atoms with van der Waals surface area (Å²) in [6.07, 6.45) is 1.67. The van der Waals surface area contributed by atoms with Gasteiger partial charge in [0.25, 0.3) is 0 Å². The van der Waals surface area contributed by atoms with Crippen LogP contribution < -0.4 is 10.6 Å². The average Bonchev–Trinajstić information content (AvgIpc) is 2.77. The first-order chi connectivity index (χ1) is 9.52. The molecule has 0 aliphatic carbocycles. The van der Waals surface area contributed by atoms with Crippen LogP contribution in [0.15, 0.2) is 24.4 Å². The Bertz CT molecular complexity index is 581. The number of pyridine rings is 1. The number of halogens is 1. The second kappa shape index (κ2) is 6.14. The van der Waals surface area contributed by atoms with E-state index in [0.29, 0.717) is 12.2 Å². The summed E-state index contributed by atoms with van der Waals surface area (Å²) in [5.41, 5.74) is 1.86. The molecule has 0 saturated heterocycles. The number of carbonyl (C=O) groups excluding carboxylic acids is 1. The van der Waals surface area contributed by atoms with E-state index >= 15 is 0 Å². The Morgan fingerprint density at radius 3 is 2.90 bits per heavy atom. The summed E-state index contributed by atoms with van der Waals surface area (Å²) in [7, 11) is 0. The Morgan fingerprint density at radius 2 is 2.30 bits per heavy atom. The van der Waals surface area contributed by atoms with E-state index in [2.05, 4.69) is 25.8 Å². The van der Waals surface area contributed by atoms with E-state index in [1.807, 2.05) is 19.9 Å². The van der Waals surface area contributed by atoms with Crippen LogP contribution in [0.2, 0.25) is 0 Å². The van der Waals surface area contributed by atoms with Gasteiger partial charge in [-0.15, -0.1) is 0 Å². The number of hydrogen-bond donors (Lipinski definition) is 3. The number of hydrogen-bond acceptors (Lipinski definition) is 3. The maximum Gasteiger partial charge on any atom is 0.320 e. The Morgan fingerprint density at radius 1 is 1.50 bits per heavy atom. The van der Waals surface area contributed by atoms with E-state index in [1.165, 1.54) is 12.1 Å². The molecule has 2 aromatic rings. The second-order valence-corrected chi connectivity index (χ2v) is 4.61. The Labute approximate surface area is 115 Å². The molecule has 0 aromatic carbocycles. The number of carbonyl (C=O) groups is 1. The van der Waals surface area contributed by atoms with Crippen LogP contribution in [0.1, 0.15) is 18.3 Å². The summed E-state index contributed by atoms with van der Waals surface area (Å²) in [4.78, 5) is 15.5. The highest BCUT2D eigenvalue weighted by atomic mass is 19.1. The fraction of sp³-hybridized carbons (Fsp3) is 0.308. The number of H-pyrrole nitrogens is 1. The van der Waals surface area contributed by atoms with Gasteiger partial charge >= 0.3 is 6.03 Å². The molecular formula is C13H16FN5O. The molecule has 0 bridgehead atoms. The fourth-order valence-corrected chi connectivity index (χ4v) is 1.77. The van der Waals surface area contributed by atoms with E-state index in [0.717, 1.165) is 17.6 Å². The zero-order valence-corrected chi connectivity index (χ0v) is 11.3. The van der Waals surface area contributed by atoms with E-state index in [4.69, 9.17) is 0 Å². The lowest BCUT2D eigenvalue weighted by Crippen LogP contribution is -2.37. The van der Waals surface area contributed by atoms with Gasteiger partial charge in [0.05, 0.1) is 11.9 Å². The molecule has 2 amide bonds. The monoisotopic (exact) mass is 277 g/mol. The van der Waals surface area contributed by atoms with Gasteiger partial charge in [-0.25, -0.2) is 14.2 Å². The van der Waals surface area contributed by atoms with Gasteiger partial charge in [-0.3, -0.25) is 10.4 Å². The summed E-state index contributed by atoms with van der Waals surface area (Å²) < 4.78 is 12.7. The van der Waals surface area contributed by atoms with Gasteiger partial charge in [-0.05, 0) is 32.0 Å². The molecule has 6 nitrogen and oxygen atoms in total. The lowest BCUT2D eigenvalue weighted by atomic mass is 10.2. The third-order valence-corrected chi connectivity index (χ3v) is 2.62. The van der Waals surface area contributed by atoms with Crippen LogP contribution >= 0.6 is 0 Å². The minimum atomic E-state index is -0.446. The second-order valence-electron chi connectivity index (χ2n) is 4.61. The number of aromatic amines is 1. The number of aryl methyl sites for hydroxylation is 1. The maximum absolute atomic E-state index is 12.7. The topological polar surface area (TPSA) is 82.7 Å². The molecule has 0 fully saturated rings. The molecule has 106 valence electrons. The van der Waals surface area contributed by atoms with E-state index in [-0.39, 0.29) is 12.1 Å². The minimum Gasteiger partial charge on any atom is -0.335 e. The lowest BCUT2D eigenvalue weighted by Gasteiger charge is -2.13. The minimum absolute atomic E-state index is 0.0850. The highest BCUT2D eigenvalue weighted by molar-refractivity contribution is 5.88. The van der Waals surface area contributed by atoms with Gasteiger partial charge in [-0.1, -0.05) is 0 Å². The Kier molecular flexibility index (Phi) is 4.29. The SMILES string of the molecule is Cc1cc(C[C@H](C)NC(=O)Nc2ccc(F)cn2)n[nH]1. The standard InChI is InChI=1S/C13H16FN5O/c1-8(5-11-6-9(2)18-19-11)16-13(20)17-12-4-3-10(14)7-15-12/h3-4,6-8H,5H2,1-2H3,(H,18,19)(H2,15,16,17,20)/t8-/m0/s1. The number of anilines is 1. The Hall–Kier alpha value is -2.44. The molecule has 0 saturated carbocycles. The zero-order chi connectivity index (χ0) is 14.5. The molecule has 0 aliphatic heterocycles. The number of rotatable bonds is 4. The van der Waals surface area contributed by atoms with Crippen molar-refractivity contribution in [2.75, 3.05) is 5.32 Å². The molecule has 2 heterocycles. The van der Waals surface area contributed by atoms with Crippen molar-refractivity contribution in [2.45, 2.75) is 26.3 Å². The predicted molar refractivity (Wildman–Crippen MR) is 72.8 cm³/mol. The summed E-state index contributed by atoms with van der Waals surface area (Å²) in [6, 6.07) is 4.09. The normalized spacial score (nSPS) is 11.9. The quantitative estimate of drug-likeness (QED) is 0.799. The third-order valence-electron chi connectivity index (χ3n) is 2.62. The third kappa shape index (κ3) is 4.04. The van der Waals surface area contributed by atoms with Crippen molar-refractivity contribution in [2.24, 2.45) is 0 Å². The van der Waals surface area contributed by atoms with Crippen molar-refractivity contribution >= 4 is 11.8 Å². The highest BCUT2D eigenvalue weighted by Gasteiger charge is 2.10. The molecule has 7 heteroatoms.